The highest BCUT2D eigenvalue weighted by atomic mass is 16.3. The molecule has 0 atom stereocenters. The van der Waals surface area contributed by atoms with Crippen molar-refractivity contribution in [1.82, 2.24) is 14.4 Å². The second-order valence-electron chi connectivity index (χ2n) is 4.74. The van der Waals surface area contributed by atoms with Crippen LogP contribution in [0, 0.1) is 6.92 Å². The molecule has 0 saturated heterocycles. The van der Waals surface area contributed by atoms with Crippen LogP contribution in [0.5, 0.6) is 0 Å². The molecule has 4 nitrogen and oxygen atoms in total. The van der Waals surface area contributed by atoms with Gasteiger partial charge in [-0.3, -0.25) is 0 Å². The van der Waals surface area contributed by atoms with Gasteiger partial charge in [0.25, 0.3) is 0 Å². The molecule has 3 aromatic rings. The zero-order valence-electron chi connectivity index (χ0n) is 10.7. The van der Waals surface area contributed by atoms with Gasteiger partial charge >= 0.3 is 0 Å². The standard InChI is InChI=1S/C14H15N3O/c1-9(2)11-8-17-7-6-15-13(14(17)16-11)12-5-4-10(3)18-12/h4-9H,1-3H3. The van der Waals surface area contributed by atoms with Crippen LogP contribution in [0.15, 0.2) is 35.1 Å². The summed E-state index contributed by atoms with van der Waals surface area (Å²) < 4.78 is 7.63. The normalized spacial score (nSPS) is 11.6. The van der Waals surface area contributed by atoms with E-state index >= 15 is 0 Å². The molecule has 0 unspecified atom stereocenters. The first-order valence-electron chi connectivity index (χ1n) is 6.05. The van der Waals surface area contributed by atoms with Crippen LogP contribution in [0.1, 0.15) is 31.2 Å². The fourth-order valence-corrected chi connectivity index (χ4v) is 1.95. The van der Waals surface area contributed by atoms with Crippen LogP contribution >= 0.6 is 0 Å². The Morgan fingerprint density at radius 1 is 1.28 bits per heavy atom. The van der Waals surface area contributed by atoms with Crippen LogP contribution in [0.4, 0.5) is 0 Å². The molecule has 0 aliphatic rings. The Kier molecular flexibility index (Phi) is 2.44. The van der Waals surface area contributed by atoms with E-state index in [2.05, 4.69) is 23.8 Å². The molecule has 0 radical (unpaired) electrons. The average Bonchev–Trinajstić information content (AvgIpc) is 2.94. The maximum absolute atomic E-state index is 5.63. The van der Waals surface area contributed by atoms with Gasteiger partial charge in [-0.1, -0.05) is 13.8 Å². The number of nitrogens with zero attached hydrogens (tertiary/aromatic N) is 3. The van der Waals surface area contributed by atoms with Crippen molar-refractivity contribution < 1.29 is 4.42 Å². The molecule has 0 N–H and O–H groups in total. The second kappa shape index (κ2) is 3.98. The van der Waals surface area contributed by atoms with Gasteiger partial charge in [-0.25, -0.2) is 9.97 Å². The third-order valence-electron chi connectivity index (χ3n) is 2.96. The summed E-state index contributed by atoms with van der Waals surface area (Å²) in [6.07, 6.45) is 5.72. The molecule has 0 aliphatic carbocycles. The van der Waals surface area contributed by atoms with Crippen LogP contribution in [0.25, 0.3) is 17.1 Å². The van der Waals surface area contributed by atoms with Gasteiger partial charge in [0, 0.05) is 18.6 Å². The van der Waals surface area contributed by atoms with E-state index in [-0.39, 0.29) is 0 Å². The maximum atomic E-state index is 5.63. The first-order chi connectivity index (χ1) is 8.65. The number of fused-ring (bicyclic) bond motifs is 1. The highest BCUT2D eigenvalue weighted by Gasteiger charge is 2.13. The zero-order valence-corrected chi connectivity index (χ0v) is 10.7. The summed E-state index contributed by atoms with van der Waals surface area (Å²) in [6, 6.07) is 3.87. The molecular formula is C14H15N3O. The number of aromatic nitrogens is 3. The van der Waals surface area contributed by atoms with E-state index in [4.69, 9.17) is 4.42 Å². The van der Waals surface area contributed by atoms with Gasteiger partial charge in [0.05, 0.1) is 5.69 Å². The average molecular weight is 241 g/mol. The molecule has 0 bridgehead atoms. The lowest BCUT2D eigenvalue weighted by molar-refractivity contribution is 0.546. The lowest BCUT2D eigenvalue weighted by atomic mass is 10.2. The summed E-state index contributed by atoms with van der Waals surface area (Å²) in [4.78, 5) is 9.02. The minimum atomic E-state index is 0.399. The van der Waals surface area contributed by atoms with Crippen molar-refractivity contribution >= 4 is 5.65 Å². The number of imidazole rings is 1. The third kappa shape index (κ3) is 1.70. The van der Waals surface area contributed by atoms with Gasteiger partial charge < -0.3 is 8.82 Å². The highest BCUT2D eigenvalue weighted by Crippen LogP contribution is 2.25. The molecule has 18 heavy (non-hydrogen) atoms. The molecule has 0 aliphatic heterocycles. The number of furan rings is 1. The summed E-state index contributed by atoms with van der Waals surface area (Å²) in [5, 5.41) is 0. The summed E-state index contributed by atoms with van der Waals surface area (Å²) >= 11 is 0. The Balaban J connectivity index is 2.23. The smallest absolute Gasteiger partial charge is 0.167 e. The van der Waals surface area contributed by atoms with Gasteiger partial charge in [-0.2, -0.15) is 0 Å². The predicted octanol–water partition coefficient (Wildman–Crippen LogP) is 3.42. The molecule has 0 aromatic carbocycles. The van der Waals surface area contributed by atoms with Crippen LogP contribution in [-0.4, -0.2) is 14.4 Å². The SMILES string of the molecule is Cc1ccc(-c2nccn3cc(C(C)C)nc23)o1. The first kappa shape index (κ1) is 11.0. The van der Waals surface area contributed by atoms with E-state index in [1.165, 1.54) is 0 Å². The number of hydrogen-bond acceptors (Lipinski definition) is 3. The predicted molar refractivity (Wildman–Crippen MR) is 69.5 cm³/mol. The van der Waals surface area contributed by atoms with Crippen LogP contribution in [-0.2, 0) is 0 Å². The minimum Gasteiger partial charge on any atom is -0.460 e. The molecule has 3 aromatic heterocycles. The lowest BCUT2D eigenvalue weighted by Crippen LogP contribution is -1.89. The van der Waals surface area contributed by atoms with E-state index in [9.17, 15) is 0 Å². The molecule has 0 fully saturated rings. The molecule has 3 heterocycles. The van der Waals surface area contributed by atoms with E-state index in [0.717, 1.165) is 28.6 Å². The summed E-state index contributed by atoms with van der Waals surface area (Å²) in [6.45, 7) is 6.19. The summed E-state index contributed by atoms with van der Waals surface area (Å²) in [5.41, 5.74) is 2.69. The minimum absolute atomic E-state index is 0.399. The quantitative estimate of drug-likeness (QED) is 0.690. The molecular weight excluding hydrogens is 226 g/mol. The molecule has 3 rings (SSSR count). The van der Waals surface area contributed by atoms with Crippen molar-refractivity contribution in [3.05, 3.63) is 42.2 Å². The Morgan fingerprint density at radius 3 is 2.78 bits per heavy atom. The van der Waals surface area contributed by atoms with Gasteiger partial charge in [0.15, 0.2) is 11.4 Å². The van der Waals surface area contributed by atoms with Crippen LogP contribution in [0.2, 0.25) is 0 Å². The largest absolute Gasteiger partial charge is 0.460 e. The molecule has 0 saturated carbocycles. The number of hydrogen-bond donors (Lipinski definition) is 0. The van der Waals surface area contributed by atoms with E-state index in [0.29, 0.717) is 5.92 Å². The second-order valence-corrected chi connectivity index (χ2v) is 4.74. The van der Waals surface area contributed by atoms with E-state index in [1.807, 2.05) is 35.9 Å². The molecule has 92 valence electrons. The fraction of sp³-hybridized carbons (Fsp3) is 0.286. The lowest BCUT2D eigenvalue weighted by Gasteiger charge is -1.98. The summed E-state index contributed by atoms with van der Waals surface area (Å²) in [5.74, 6) is 2.04. The monoisotopic (exact) mass is 241 g/mol. The van der Waals surface area contributed by atoms with Crippen LogP contribution in [0.3, 0.4) is 0 Å². The van der Waals surface area contributed by atoms with Crippen molar-refractivity contribution in [3.63, 3.8) is 0 Å². The topological polar surface area (TPSA) is 43.3 Å². The van der Waals surface area contributed by atoms with Crippen molar-refractivity contribution in [1.29, 1.82) is 0 Å². The van der Waals surface area contributed by atoms with E-state index in [1.54, 1.807) is 6.20 Å². The van der Waals surface area contributed by atoms with Gasteiger partial charge in [-0.15, -0.1) is 0 Å². The van der Waals surface area contributed by atoms with E-state index < -0.39 is 0 Å². The Morgan fingerprint density at radius 2 is 2.11 bits per heavy atom. The fourth-order valence-electron chi connectivity index (χ4n) is 1.95. The Bertz CT molecular complexity index is 694. The number of rotatable bonds is 2. The molecule has 0 amide bonds. The van der Waals surface area contributed by atoms with Crippen molar-refractivity contribution in [2.24, 2.45) is 0 Å². The van der Waals surface area contributed by atoms with Gasteiger partial charge in [0.2, 0.25) is 0 Å². The van der Waals surface area contributed by atoms with Crippen molar-refractivity contribution in [3.8, 4) is 11.5 Å². The third-order valence-corrected chi connectivity index (χ3v) is 2.96. The Labute approximate surface area is 105 Å². The highest BCUT2D eigenvalue weighted by molar-refractivity contribution is 5.70. The first-order valence-corrected chi connectivity index (χ1v) is 6.05. The molecule has 4 heteroatoms. The van der Waals surface area contributed by atoms with Crippen molar-refractivity contribution in [2.75, 3.05) is 0 Å². The van der Waals surface area contributed by atoms with Gasteiger partial charge in [-0.05, 0) is 25.0 Å². The van der Waals surface area contributed by atoms with Gasteiger partial charge in [0.1, 0.15) is 11.5 Å². The molecule has 0 spiro atoms. The van der Waals surface area contributed by atoms with Crippen molar-refractivity contribution in [2.45, 2.75) is 26.7 Å². The maximum Gasteiger partial charge on any atom is 0.167 e. The zero-order chi connectivity index (χ0) is 12.7. The Hall–Kier alpha value is -2.10. The number of aryl methyl sites for hydroxylation is 1. The summed E-state index contributed by atoms with van der Waals surface area (Å²) in [7, 11) is 0. The van der Waals surface area contributed by atoms with Crippen LogP contribution < -0.4 is 0 Å².